The molecule has 1 aromatic rings. The van der Waals surface area contributed by atoms with E-state index in [0.717, 1.165) is 23.6 Å². The molecule has 0 fully saturated rings. The van der Waals surface area contributed by atoms with E-state index in [1.807, 2.05) is 20.8 Å². The molecule has 4 nitrogen and oxygen atoms in total. The van der Waals surface area contributed by atoms with Gasteiger partial charge in [-0.3, -0.25) is 4.79 Å². The molecule has 1 atom stereocenters. The highest BCUT2D eigenvalue weighted by Gasteiger charge is 2.12. The lowest BCUT2D eigenvalue weighted by Crippen LogP contribution is -2.32. The topological polar surface area (TPSA) is 66.4 Å². The second kappa shape index (κ2) is 6.73. The Labute approximate surface area is 113 Å². The molecule has 0 saturated carbocycles. The summed E-state index contributed by atoms with van der Waals surface area (Å²) in [5.41, 5.74) is 2.09. The van der Waals surface area contributed by atoms with E-state index in [-0.39, 0.29) is 11.9 Å². The van der Waals surface area contributed by atoms with Crippen molar-refractivity contribution in [2.24, 2.45) is 0 Å². The maximum atomic E-state index is 12.1. The lowest BCUT2D eigenvalue weighted by Gasteiger charge is -2.13. The first-order valence-electron chi connectivity index (χ1n) is 6.27. The van der Waals surface area contributed by atoms with Crippen molar-refractivity contribution < 1.29 is 14.7 Å². The van der Waals surface area contributed by atoms with Crippen LogP contribution in [0.5, 0.6) is 0 Å². The van der Waals surface area contributed by atoms with Crippen LogP contribution in [0.2, 0.25) is 0 Å². The number of carbonyl (C=O) groups excluding carboxylic acids is 1. The third kappa shape index (κ3) is 4.25. The van der Waals surface area contributed by atoms with Gasteiger partial charge in [0.05, 0.1) is 0 Å². The number of hydrogen-bond acceptors (Lipinski definition) is 2. The first-order chi connectivity index (χ1) is 8.95. The summed E-state index contributed by atoms with van der Waals surface area (Å²) in [5.74, 6) is -1.13. The highest BCUT2D eigenvalue weighted by molar-refractivity contribution is 5.97. The van der Waals surface area contributed by atoms with Gasteiger partial charge in [-0.1, -0.05) is 19.1 Å². The van der Waals surface area contributed by atoms with Gasteiger partial charge in [0.1, 0.15) is 0 Å². The Hall–Kier alpha value is -2.10. The van der Waals surface area contributed by atoms with Gasteiger partial charge in [0, 0.05) is 17.7 Å². The van der Waals surface area contributed by atoms with Gasteiger partial charge in [-0.2, -0.15) is 0 Å². The number of rotatable bonds is 5. The molecule has 4 heteroatoms. The summed E-state index contributed by atoms with van der Waals surface area (Å²) < 4.78 is 0. The maximum absolute atomic E-state index is 12.1. The third-order valence-electron chi connectivity index (χ3n) is 3.02. The van der Waals surface area contributed by atoms with Crippen LogP contribution in [0.3, 0.4) is 0 Å². The standard InChI is InChI=1S/C15H19NO3/c1-4-10(2)16-15(19)13-7-5-6-12(11(13)3)8-9-14(17)18/h5-10H,4H2,1-3H3,(H,16,19)(H,17,18). The molecule has 0 bridgehead atoms. The van der Waals surface area contributed by atoms with Gasteiger partial charge in [-0.05, 0) is 43.5 Å². The molecule has 0 heterocycles. The lowest BCUT2D eigenvalue weighted by molar-refractivity contribution is -0.131. The van der Waals surface area contributed by atoms with E-state index in [1.54, 1.807) is 18.2 Å². The molecule has 0 aromatic heterocycles. The number of aliphatic carboxylic acids is 1. The van der Waals surface area contributed by atoms with Gasteiger partial charge in [0.15, 0.2) is 0 Å². The van der Waals surface area contributed by atoms with Crippen molar-refractivity contribution in [2.45, 2.75) is 33.2 Å². The zero-order valence-electron chi connectivity index (χ0n) is 11.4. The highest BCUT2D eigenvalue weighted by atomic mass is 16.4. The summed E-state index contributed by atoms with van der Waals surface area (Å²) in [7, 11) is 0. The fraction of sp³-hybridized carbons (Fsp3) is 0.333. The zero-order valence-corrected chi connectivity index (χ0v) is 11.4. The summed E-state index contributed by atoms with van der Waals surface area (Å²) in [5, 5.41) is 11.5. The molecule has 0 saturated heterocycles. The molecule has 0 aliphatic heterocycles. The number of nitrogens with one attached hydrogen (secondary N) is 1. The fourth-order valence-corrected chi connectivity index (χ4v) is 1.64. The summed E-state index contributed by atoms with van der Waals surface area (Å²) >= 11 is 0. The minimum Gasteiger partial charge on any atom is -0.478 e. The smallest absolute Gasteiger partial charge is 0.328 e. The van der Waals surface area contributed by atoms with Crippen LogP contribution >= 0.6 is 0 Å². The molecule has 1 unspecified atom stereocenters. The van der Waals surface area contributed by atoms with Crippen LogP contribution in [0.4, 0.5) is 0 Å². The molecule has 0 spiro atoms. The maximum Gasteiger partial charge on any atom is 0.328 e. The summed E-state index contributed by atoms with van der Waals surface area (Å²) in [4.78, 5) is 22.6. The van der Waals surface area contributed by atoms with Crippen molar-refractivity contribution in [1.82, 2.24) is 5.32 Å². The Balaban J connectivity index is 3.00. The second-order valence-corrected chi connectivity index (χ2v) is 4.47. The lowest BCUT2D eigenvalue weighted by atomic mass is 10.0. The molecule has 0 radical (unpaired) electrons. The van der Waals surface area contributed by atoms with Crippen molar-refractivity contribution in [1.29, 1.82) is 0 Å². The van der Waals surface area contributed by atoms with Crippen molar-refractivity contribution in [3.63, 3.8) is 0 Å². The van der Waals surface area contributed by atoms with Gasteiger partial charge in [0.2, 0.25) is 0 Å². The quantitative estimate of drug-likeness (QED) is 0.801. The first kappa shape index (κ1) is 15.0. The van der Waals surface area contributed by atoms with Crippen LogP contribution < -0.4 is 5.32 Å². The van der Waals surface area contributed by atoms with Crippen molar-refractivity contribution in [3.8, 4) is 0 Å². The number of hydrogen-bond donors (Lipinski definition) is 2. The summed E-state index contributed by atoms with van der Waals surface area (Å²) in [6.07, 6.45) is 3.43. The van der Waals surface area contributed by atoms with E-state index in [0.29, 0.717) is 5.56 Å². The minimum absolute atomic E-state index is 0.116. The van der Waals surface area contributed by atoms with E-state index in [9.17, 15) is 9.59 Å². The van der Waals surface area contributed by atoms with E-state index in [1.165, 1.54) is 6.08 Å². The van der Waals surface area contributed by atoms with Crippen LogP contribution in [0.25, 0.3) is 6.08 Å². The summed E-state index contributed by atoms with van der Waals surface area (Å²) in [6, 6.07) is 5.39. The third-order valence-corrected chi connectivity index (χ3v) is 3.02. The van der Waals surface area contributed by atoms with Gasteiger partial charge in [-0.15, -0.1) is 0 Å². The predicted molar refractivity (Wildman–Crippen MR) is 75.1 cm³/mol. The van der Waals surface area contributed by atoms with Crippen LogP contribution in [-0.2, 0) is 4.79 Å². The van der Waals surface area contributed by atoms with Crippen molar-refractivity contribution in [2.75, 3.05) is 0 Å². The van der Waals surface area contributed by atoms with Crippen LogP contribution in [0, 0.1) is 6.92 Å². The molecule has 1 aromatic carbocycles. The minimum atomic E-state index is -1.01. The van der Waals surface area contributed by atoms with E-state index in [4.69, 9.17) is 5.11 Å². The molecule has 0 aliphatic carbocycles. The van der Waals surface area contributed by atoms with Crippen LogP contribution in [-0.4, -0.2) is 23.0 Å². The number of carboxylic acids is 1. The first-order valence-corrected chi connectivity index (χ1v) is 6.27. The molecular weight excluding hydrogens is 242 g/mol. The number of benzene rings is 1. The second-order valence-electron chi connectivity index (χ2n) is 4.47. The van der Waals surface area contributed by atoms with E-state index in [2.05, 4.69) is 5.32 Å². The largest absolute Gasteiger partial charge is 0.478 e. The average molecular weight is 261 g/mol. The van der Waals surface area contributed by atoms with Crippen LogP contribution in [0.15, 0.2) is 24.3 Å². The molecule has 0 aliphatic rings. The summed E-state index contributed by atoms with van der Waals surface area (Å²) in [6.45, 7) is 5.76. The number of amides is 1. The van der Waals surface area contributed by atoms with Gasteiger partial charge < -0.3 is 10.4 Å². The Morgan fingerprint density at radius 3 is 2.68 bits per heavy atom. The van der Waals surface area contributed by atoms with Crippen molar-refractivity contribution >= 4 is 18.0 Å². The molecule has 102 valence electrons. The van der Waals surface area contributed by atoms with Gasteiger partial charge in [0.25, 0.3) is 5.91 Å². The molecule has 19 heavy (non-hydrogen) atoms. The molecule has 2 N–H and O–H groups in total. The van der Waals surface area contributed by atoms with Crippen LogP contribution in [0.1, 0.15) is 41.8 Å². The Bertz CT molecular complexity index is 506. The average Bonchev–Trinajstić information content (AvgIpc) is 2.37. The normalized spacial score (nSPS) is 12.4. The Morgan fingerprint density at radius 2 is 2.11 bits per heavy atom. The highest BCUT2D eigenvalue weighted by Crippen LogP contribution is 2.15. The monoisotopic (exact) mass is 261 g/mol. The van der Waals surface area contributed by atoms with Gasteiger partial charge >= 0.3 is 5.97 Å². The van der Waals surface area contributed by atoms with E-state index < -0.39 is 5.97 Å². The Kier molecular flexibility index (Phi) is 5.30. The predicted octanol–water partition coefficient (Wildman–Crippen LogP) is 2.62. The molecule has 1 rings (SSSR count). The number of carbonyl (C=O) groups is 2. The molecular formula is C15H19NO3. The van der Waals surface area contributed by atoms with E-state index >= 15 is 0 Å². The van der Waals surface area contributed by atoms with Gasteiger partial charge in [-0.25, -0.2) is 4.79 Å². The van der Waals surface area contributed by atoms with Crippen molar-refractivity contribution in [3.05, 3.63) is 41.0 Å². The fourth-order valence-electron chi connectivity index (χ4n) is 1.64. The Morgan fingerprint density at radius 1 is 1.42 bits per heavy atom. The SMILES string of the molecule is CCC(C)NC(=O)c1cccc(C=CC(=O)O)c1C. The molecule has 1 amide bonds. The zero-order chi connectivity index (χ0) is 14.4. The number of carboxylic acid groups (broad SMARTS) is 1.